The number of hydrogen-bond donors (Lipinski definition) is 0. The van der Waals surface area contributed by atoms with Crippen LogP contribution in [0.5, 0.6) is 0 Å². The molecule has 0 bridgehead atoms. The summed E-state index contributed by atoms with van der Waals surface area (Å²) >= 11 is 1.82. The Morgan fingerprint density at radius 2 is 1.12 bits per heavy atom. The van der Waals surface area contributed by atoms with Crippen molar-refractivity contribution in [2.75, 3.05) is 0 Å². The summed E-state index contributed by atoms with van der Waals surface area (Å²) in [4.78, 5) is 9.95. The second kappa shape index (κ2) is 12.0. The van der Waals surface area contributed by atoms with E-state index in [-0.39, 0.29) is 0 Å². The zero-order valence-corrected chi connectivity index (χ0v) is 29.5. The van der Waals surface area contributed by atoms with Gasteiger partial charge in [0.1, 0.15) is 5.65 Å². The van der Waals surface area contributed by atoms with Crippen LogP contribution in [-0.4, -0.2) is 22.6 Å². The summed E-state index contributed by atoms with van der Waals surface area (Å²) in [5.74, 6) is 0. The van der Waals surface area contributed by atoms with E-state index in [1.54, 1.807) is 0 Å². The van der Waals surface area contributed by atoms with Crippen molar-refractivity contribution in [2.45, 2.75) is 0 Å². The molecule has 0 unspecified atom stereocenters. The normalized spacial score (nSPS) is 11.9. The highest BCUT2D eigenvalue weighted by molar-refractivity contribution is 7.26. The lowest BCUT2D eigenvalue weighted by Crippen LogP contribution is -2.74. The Morgan fingerprint density at radius 1 is 0.471 bits per heavy atom. The fraction of sp³-hybridized carbons (Fsp3) is 0. The molecule has 3 nitrogen and oxygen atoms in total. The highest BCUT2D eigenvalue weighted by Gasteiger charge is 2.42. The largest absolute Gasteiger partial charge is 0.294 e. The molecule has 5 heteroatoms. The number of thiophene rings is 1. The Balaban J connectivity index is 1.29. The third-order valence-corrected chi connectivity index (χ3v) is 16.1. The van der Waals surface area contributed by atoms with Crippen molar-refractivity contribution < 1.29 is 0 Å². The van der Waals surface area contributed by atoms with Gasteiger partial charge in [-0.1, -0.05) is 140 Å². The molecule has 0 aliphatic carbocycles. The summed E-state index contributed by atoms with van der Waals surface area (Å²) in [5.41, 5.74) is 5.33. The van der Waals surface area contributed by atoms with Crippen LogP contribution in [0.15, 0.2) is 188 Å². The van der Waals surface area contributed by atoms with Gasteiger partial charge in [0, 0.05) is 49.9 Å². The van der Waals surface area contributed by atoms with Gasteiger partial charge in [0.25, 0.3) is 0 Å². The minimum absolute atomic E-state index is 0.973. The van der Waals surface area contributed by atoms with Crippen LogP contribution in [0.2, 0.25) is 0 Å². The number of aromatic nitrogens is 3. The zero-order chi connectivity index (χ0) is 33.8. The smallest absolute Gasteiger partial charge is 0.179 e. The first-order chi connectivity index (χ1) is 25.3. The van der Waals surface area contributed by atoms with Crippen LogP contribution in [-0.2, 0) is 0 Å². The van der Waals surface area contributed by atoms with Crippen molar-refractivity contribution in [1.82, 2.24) is 14.5 Å². The maximum atomic E-state index is 5.21. The molecule has 0 spiro atoms. The first-order valence-corrected chi connectivity index (χ1v) is 20.1. The Labute approximate surface area is 300 Å². The molecular weight excluding hydrogens is 655 g/mol. The molecule has 10 rings (SSSR count). The van der Waals surface area contributed by atoms with Gasteiger partial charge in [-0.3, -0.25) is 9.55 Å². The van der Waals surface area contributed by atoms with Crippen molar-refractivity contribution in [3.63, 3.8) is 0 Å². The van der Waals surface area contributed by atoms with Gasteiger partial charge in [-0.05, 0) is 57.1 Å². The third-order valence-electron chi connectivity index (χ3n) is 10.2. The Morgan fingerprint density at radius 3 is 1.88 bits per heavy atom. The van der Waals surface area contributed by atoms with Crippen molar-refractivity contribution in [3.8, 4) is 16.9 Å². The molecular formula is C46H31N3SSi. The monoisotopic (exact) mass is 685 g/mol. The van der Waals surface area contributed by atoms with Crippen LogP contribution >= 0.6 is 11.3 Å². The van der Waals surface area contributed by atoms with Gasteiger partial charge < -0.3 is 0 Å². The van der Waals surface area contributed by atoms with Gasteiger partial charge in [0.05, 0.1) is 15.9 Å². The van der Waals surface area contributed by atoms with E-state index in [0.29, 0.717) is 0 Å². The van der Waals surface area contributed by atoms with E-state index in [0.717, 1.165) is 28.1 Å². The molecule has 4 aromatic heterocycles. The van der Waals surface area contributed by atoms with E-state index >= 15 is 0 Å². The molecule has 0 radical (unpaired) electrons. The highest BCUT2D eigenvalue weighted by atomic mass is 32.1. The molecule has 0 saturated heterocycles. The van der Waals surface area contributed by atoms with Gasteiger partial charge >= 0.3 is 0 Å². The molecule has 51 heavy (non-hydrogen) atoms. The second-order valence-corrected chi connectivity index (χ2v) is 17.9. The van der Waals surface area contributed by atoms with Gasteiger partial charge in [0.15, 0.2) is 8.07 Å². The quantitative estimate of drug-likeness (QED) is 0.129. The van der Waals surface area contributed by atoms with Crippen LogP contribution in [0.25, 0.3) is 59.1 Å². The standard InChI is InChI=1S/C46H31N3SSi/c1-3-17-34(18-4-1)51(35-19-5-2-6-20-35,36-21-13-15-32(29-36)40-25-11-12-28-47-40)37-22-14-16-33(30-37)49-41-26-9-7-23-38(41)45-44-39-24-8-10-27-42(39)50-43(44)31-48-46(45)49/h1-31H. The van der Waals surface area contributed by atoms with Crippen LogP contribution in [0.1, 0.15) is 0 Å². The molecule has 0 N–H and O–H groups in total. The summed E-state index contributed by atoms with van der Waals surface area (Å²) in [6, 6.07) is 64.2. The van der Waals surface area contributed by atoms with E-state index < -0.39 is 8.07 Å². The zero-order valence-electron chi connectivity index (χ0n) is 27.6. The molecule has 10 aromatic rings. The van der Waals surface area contributed by atoms with Crippen molar-refractivity contribution in [3.05, 3.63) is 188 Å². The highest BCUT2D eigenvalue weighted by Crippen LogP contribution is 2.42. The third kappa shape index (κ3) is 4.63. The number of nitrogens with zero attached hydrogens (tertiary/aromatic N) is 3. The van der Waals surface area contributed by atoms with Crippen LogP contribution in [0.3, 0.4) is 0 Å². The molecule has 6 aromatic carbocycles. The Bertz CT molecular complexity index is 2820. The summed E-state index contributed by atoms with van der Waals surface area (Å²) in [7, 11) is -2.87. The number of pyridine rings is 2. The summed E-state index contributed by atoms with van der Waals surface area (Å²) in [6.45, 7) is 0. The minimum atomic E-state index is -2.87. The van der Waals surface area contributed by atoms with Gasteiger partial charge in [-0.25, -0.2) is 4.98 Å². The number of rotatable bonds is 6. The Hall–Kier alpha value is -6.14. The van der Waals surface area contributed by atoms with E-state index in [9.17, 15) is 0 Å². The average Bonchev–Trinajstić information content (AvgIpc) is 3.75. The van der Waals surface area contributed by atoms with Crippen molar-refractivity contribution >= 4 is 82.3 Å². The Kier molecular flexibility index (Phi) is 7.01. The van der Waals surface area contributed by atoms with Crippen LogP contribution < -0.4 is 20.7 Å². The fourth-order valence-corrected chi connectivity index (χ4v) is 14.0. The summed E-state index contributed by atoms with van der Waals surface area (Å²) in [6.07, 6.45) is 3.94. The topological polar surface area (TPSA) is 30.7 Å². The number of hydrogen-bond acceptors (Lipinski definition) is 3. The summed E-state index contributed by atoms with van der Waals surface area (Å²) in [5, 5.41) is 10.3. The molecule has 0 amide bonds. The number of benzene rings is 6. The minimum Gasteiger partial charge on any atom is -0.294 e. The van der Waals surface area contributed by atoms with Crippen molar-refractivity contribution in [2.24, 2.45) is 0 Å². The fourth-order valence-electron chi connectivity index (χ4n) is 8.09. The van der Waals surface area contributed by atoms with Gasteiger partial charge in [0.2, 0.25) is 0 Å². The molecule has 0 aliphatic heterocycles. The second-order valence-electron chi connectivity index (χ2n) is 13.0. The lowest BCUT2D eigenvalue weighted by atomic mass is 10.1. The number of para-hydroxylation sites is 1. The van der Waals surface area contributed by atoms with E-state index in [1.807, 2.05) is 23.6 Å². The number of fused-ring (bicyclic) bond motifs is 7. The SMILES string of the molecule is c1ccc([Si](c2ccccc2)(c2cccc(-c3ccccn3)c2)c2cccc(-n3c4ccccc4c4c5c(cnc43)sc3ccccc35)c2)cc1. The first kappa shape index (κ1) is 29.7. The lowest BCUT2D eigenvalue weighted by Gasteiger charge is -2.35. The van der Waals surface area contributed by atoms with E-state index in [1.165, 1.54) is 51.7 Å². The molecule has 0 saturated carbocycles. The maximum Gasteiger partial charge on any atom is 0.179 e. The predicted octanol–water partition coefficient (Wildman–Crippen LogP) is 8.99. The van der Waals surface area contributed by atoms with Crippen LogP contribution in [0.4, 0.5) is 0 Å². The lowest BCUT2D eigenvalue weighted by molar-refractivity contribution is 1.14. The molecule has 0 atom stereocenters. The first-order valence-electron chi connectivity index (χ1n) is 17.2. The molecule has 0 fully saturated rings. The summed E-state index contributed by atoms with van der Waals surface area (Å²) < 4.78 is 4.88. The predicted molar refractivity (Wildman–Crippen MR) is 218 cm³/mol. The maximum absolute atomic E-state index is 5.21. The van der Waals surface area contributed by atoms with E-state index in [4.69, 9.17) is 9.97 Å². The van der Waals surface area contributed by atoms with Gasteiger partial charge in [-0.2, -0.15) is 0 Å². The average molecular weight is 686 g/mol. The van der Waals surface area contributed by atoms with E-state index in [2.05, 4.69) is 181 Å². The van der Waals surface area contributed by atoms with Crippen LogP contribution in [0, 0.1) is 0 Å². The molecule has 4 heterocycles. The van der Waals surface area contributed by atoms with Gasteiger partial charge in [-0.15, -0.1) is 11.3 Å². The van der Waals surface area contributed by atoms with Crippen molar-refractivity contribution in [1.29, 1.82) is 0 Å². The molecule has 240 valence electrons. The molecule has 0 aliphatic rings.